The molecule has 0 saturated heterocycles. The van der Waals surface area contributed by atoms with Gasteiger partial charge in [-0.15, -0.1) is 5.10 Å². The predicted octanol–water partition coefficient (Wildman–Crippen LogP) is 3.14. The van der Waals surface area contributed by atoms with Crippen LogP contribution in [0.15, 0.2) is 64.6 Å². The Morgan fingerprint density at radius 2 is 1.77 bits per heavy atom. The zero-order chi connectivity index (χ0) is 31.6. The lowest BCUT2D eigenvalue weighted by Crippen LogP contribution is -2.40. The lowest BCUT2D eigenvalue weighted by atomic mass is 9.93. The summed E-state index contributed by atoms with van der Waals surface area (Å²) in [7, 11) is 6.44. The maximum Gasteiger partial charge on any atom is 0.416 e. The molecule has 3 aromatic rings. The van der Waals surface area contributed by atoms with Crippen molar-refractivity contribution in [1.82, 2.24) is 24.1 Å². The second kappa shape index (κ2) is 12.1. The molecule has 2 aromatic carbocycles. The van der Waals surface area contributed by atoms with Crippen LogP contribution in [-0.4, -0.2) is 77.4 Å². The molecular formula is C29H30F3N7O4. The van der Waals surface area contributed by atoms with E-state index in [2.05, 4.69) is 5.10 Å². The zero-order valence-corrected chi connectivity index (χ0v) is 24.2. The number of alkyl halides is 3. The molecule has 0 spiro atoms. The zero-order valence-electron chi connectivity index (χ0n) is 24.2. The third-order valence-corrected chi connectivity index (χ3v) is 7.10. The van der Waals surface area contributed by atoms with Gasteiger partial charge in [-0.25, -0.2) is 18.8 Å². The van der Waals surface area contributed by atoms with E-state index in [9.17, 15) is 32.8 Å². The summed E-state index contributed by atoms with van der Waals surface area (Å²) in [6, 6.07) is 11.4. The number of hydrogen-bond donors (Lipinski definition) is 0. The van der Waals surface area contributed by atoms with Crippen molar-refractivity contribution in [3.63, 3.8) is 0 Å². The van der Waals surface area contributed by atoms with E-state index in [0.29, 0.717) is 24.2 Å². The number of amides is 1. The molecule has 1 aromatic heterocycles. The number of carbonyl (C=O) groups excluding carboxylic acids is 2. The largest absolute Gasteiger partial charge is 0.466 e. The van der Waals surface area contributed by atoms with Gasteiger partial charge in [0.2, 0.25) is 11.9 Å². The number of anilines is 2. The number of nitriles is 1. The van der Waals surface area contributed by atoms with Crippen molar-refractivity contribution in [3.8, 4) is 6.07 Å². The second-order valence-electron chi connectivity index (χ2n) is 10.2. The number of aromatic nitrogens is 3. The first-order chi connectivity index (χ1) is 20.3. The molecular weight excluding hydrogens is 567 g/mol. The van der Waals surface area contributed by atoms with Crippen LogP contribution in [0.2, 0.25) is 0 Å². The van der Waals surface area contributed by atoms with Gasteiger partial charge in [-0.3, -0.25) is 9.69 Å². The topological polar surface area (TPSA) is 117 Å². The van der Waals surface area contributed by atoms with Crippen molar-refractivity contribution in [3.05, 3.63) is 87.0 Å². The van der Waals surface area contributed by atoms with E-state index in [1.54, 1.807) is 19.2 Å². The van der Waals surface area contributed by atoms with Gasteiger partial charge in [0, 0.05) is 31.5 Å². The highest BCUT2D eigenvalue weighted by Gasteiger charge is 2.41. The Bertz CT molecular complexity index is 1670. The first kappa shape index (κ1) is 31.0. The van der Waals surface area contributed by atoms with Crippen molar-refractivity contribution >= 4 is 23.5 Å². The maximum atomic E-state index is 14.0. The third kappa shape index (κ3) is 6.17. The fourth-order valence-electron chi connectivity index (χ4n) is 4.77. The number of methoxy groups -OCH3 is 1. The Labute approximate surface area is 245 Å². The van der Waals surface area contributed by atoms with Gasteiger partial charge in [-0.2, -0.15) is 18.4 Å². The monoisotopic (exact) mass is 597 g/mol. The lowest BCUT2D eigenvalue weighted by molar-refractivity contribution is -0.138. The molecule has 4 rings (SSSR count). The predicted molar refractivity (Wildman–Crippen MR) is 150 cm³/mol. The van der Waals surface area contributed by atoms with E-state index in [1.807, 2.05) is 25.1 Å². The number of benzene rings is 2. The molecule has 0 saturated carbocycles. The number of rotatable bonds is 8. The highest BCUT2D eigenvalue weighted by atomic mass is 19.4. The van der Waals surface area contributed by atoms with Gasteiger partial charge >= 0.3 is 17.8 Å². The van der Waals surface area contributed by atoms with Crippen LogP contribution in [0.5, 0.6) is 0 Å². The summed E-state index contributed by atoms with van der Waals surface area (Å²) in [6.45, 7) is 2.01. The number of carbonyl (C=O) groups is 2. The van der Waals surface area contributed by atoms with Gasteiger partial charge in [0.1, 0.15) is 12.6 Å². The smallest absolute Gasteiger partial charge is 0.416 e. The van der Waals surface area contributed by atoms with Crippen LogP contribution in [0.1, 0.15) is 29.7 Å². The summed E-state index contributed by atoms with van der Waals surface area (Å²) in [5.74, 6) is -1.35. The minimum Gasteiger partial charge on any atom is -0.466 e. The Morgan fingerprint density at radius 1 is 1.09 bits per heavy atom. The summed E-state index contributed by atoms with van der Waals surface area (Å²) in [5.41, 5.74) is -0.852. The summed E-state index contributed by atoms with van der Waals surface area (Å²) in [5, 5.41) is 13.7. The van der Waals surface area contributed by atoms with Crippen LogP contribution >= 0.6 is 0 Å². The standard InChI is InChI=1S/C29H30F3N7O4/c1-18-24(26(41)43-5)25(20-11-9-19(16-33)10-12-20)39-27(38(18)22-8-6-7-21(15-22)29(30,31)32)34-37(28(39)42)17-23(40)36(4)14-13-35(2)3/h6-12,15,25H,13-14,17H2,1-5H3. The number of allylic oxidation sites excluding steroid dienone is 1. The van der Waals surface area contributed by atoms with Crippen molar-refractivity contribution in [2.75, 3.05) is 46.2 Å². The molecule has 1 atom stereocenters. The molecule has 0 radical (unpaired) electrons. The molecule has 43 heavy (non-hydrogen) atoms. The van der Waals surface area contributed by atoms with Gasteiger partial charge in [0.25, 0.3) is 0 Å². The first-order valence-corrected chi connectivity index (χ1v) is 13.1. The van der Waals surface area contributed by atoms with E-state index >= 15 is 0 Å². The molecule has 0 fully saturated rings. The van der Waals surface area contributed by atoms with Crippen LogP contribution in [0.4, 0.5) is 24.8 Å². The van der Waals surface area contributed by atoms with Crippen LogP contribution in [0, 0.1) is 11.3 Å². The van der Waals surface area contributed by atoms with E-state index in [0.717, 1.165) is 28.5 Å². The summed E-state index contributed by atoms with van der Waals surface area (Å²) in [4.78, 5) is 44.9. The number of esters is 1. The Hall–Kier alpha value is -4.90. The number of ether oxygens (including phenoxy) is 1. The lowest BCUT2D eigenvalue weighted by Gasteiger charge is -2.35. The molecule has 1 amide bonds. The van der Waals surface area contributed by atoms with Crippen molar-refractivity contribution in [1.29, 1.82) is 5.26 Å². The first-order valence-electron chi connectivity index (χ1n) is 13.1. The SMILES string of the molecule is COC(=O)C1=C(C)N(c2cccc(C(F)(F)F)c2)c2nn(CC(=O)N(C)CCN(C)C)c(=O)n2C1c1ccc(C#N)cc1. The van der Waals surface area contributed by atoms with Gasteiger partial charge in [-0.05, 0) is 56.9 Å². The van der Waals surface area contributed by atoms with Crippen LogP contribution in [0.3, 0.4) is 0 Å². The molecule has 1 aliphatic rings. The van der Waals surface area contributed by atoms with E-state index in [-0.39, 0.29) is 22.9 Å². The number of halogens is 3. The van der Waals surface area contributed by atoms with Gasteiger partial charge in [0.05, 0.1) is 29.9 Å². The number of nitrogens with zero attached hydrogens (tertiary/aromatic N) is 7. The van der Waals surface area contributed by atoms with E-state index < -0.39 is 41.9 Å². The van der Waals surface area contributed by atoms with E-state index in [1.165, 1.54) is 41.0 Å². The summed E-state index contributed by atoms with van der Waals surface area (Å²) >= 11 is 0. The summed E-state index contributed by atoms with van der Waals surface area (Å²) < 4.78 is 48.2. The molecule has 0 bridgehead atoms. The van der Waals surface area contributed by atoms with Crippen molar-refractivity contribution < 1.29 is 27.5 Å². The highest BCUT2D eigenvalue weighted by molar-refractivity contribution is 5.93. The second-order valence-corrected chi connectivity index (χ2v) is 10.2. The fraction of sp³-hybridized carbons (Fsp3) is 0.345. The van der Waals surface area contributed by atoms with Crippen LogP contribution in [0.25, 0.3) is 0 Å². The summed E-state index contributed by atoms with van der Waals surface area (Å²) in [6.07, 6.45) is -4.66. The highest BCUT2D eigenvalue weighted by Crippen LogP contribution is 2.43. The molecule has 226 valence electrons. The third-order valence-electron chi connectivity index (χ3n) is 7.10. The average molecular weight is 598 g/mol. The molecule has 11 nitrogen and oxygen atoms in total. The molecule has 2 heterocycles. The molecule has 1 aliphatic heterocycles. The van der Waals surface area contributed by atoms with Crippen LogP contribution < -0.4 is 10.6 Å². The number of fused-ring (bicyclic) bond motifs is 1. The van der Waals surface area contributed by atoms with Crippen LogP contribution in [-0.2, 0) is 27.0 Å². The maximum absolute atomic E-state index is 14.0. The van der Waals surface area contributed by atoms with Gasteiger partial charge < -0.3 is 14.5 Å². The average Bonchev–Trinajstić information content (AvgIpc) is 3.28. The van der Waals surface area contributed by atoms with Crippen molar-refractivity contribution in [2.45, 2.75) is 25.7 Å². The van der Waals surface area contributed by atoms with E-state index in [4.69, 9.17) is 4.74 Å². The quantitative estimate of drug-likeness (QED) is 0.364. The van der Waals surface area contributed by atoms with Gasteiger partial charge in [0.15, 0.2) is 0 Å². The minimum absolute atomic E-state index is 0.0140. The molecule has 0 aliphatic carbocycles. The molecule has 0 N–H and O–H groups in total. The fourth-order valence-corrected chi connectivity index (χ4v) is 4.77. The molecule has 14 heteroatoms. The minimum atomic E-state index is -4.66. The Balaban J connectivity index is 1.95. The Morgan fingerprint density at radius 3 is 2.35 bits per heavy atom. The number of hydrogen-bond acceptors (Lipinski definition) is 8. The van der Waals surface area contributed by atoms with Crippen molar-refractivity contribution in [2.24, 2.45) is 0 Å². The molecule has 1 unspecified atom stereocenters. The number of likely N-dealkylation sites (N-methyl/N-ethyl adjacent to an activating group) is 2. The normalized spacial score (nSPS) is 14.9. The van der Waals surface area contributed by atoms with Gasteiger partial charge in [-0.1, -0.05) is 18.2 Å². The Kier molecular flexibility index (Phi) is 8.77.